The number of hydrogen-bond donors (Lipinski definition) is 0. The minimum atomic E-state index is -0.654. The van der Waals surface area contributed by atoms with Crippen molar-refractivity contribution in [1.29, 1.82) is 0 Å². The van der Waals surface area contributed by atoms with Crippen molar-refractivity contribution in [2.75, 3.05) is 33.9 Å². The van der Waals surface area contributed by atoms with E-state index < -0.39 is 23.7 Å². The van der Waals surface area contributed by atoms with Crippen molar-refractivity contribution in [3.05, 3.63) is 100 Å². The summed E-state index contributed by atoms with van der Waals surface area (Å²) in [7, 11) is 3.08. The summed E-state index contributed by atoms with van der Waals surface area (Å²) in [5, 5.41) is 6.56. The van der Waals surface area contributed by atoms with E-state index in [1.807, 2.05) is 42.5 Å². The lowest BCUT2D eigenvalue weighted by Crippen LogP contribution is -2.43. The Bertz CT molecular complexity index is 1300. The van der Waals surface area contributed by atoms with Gasteiger partial charge in [0.2, 0.25) is 0 Å². The highest BCUT2D eigenvalue weighted by molar-refractivity contribution is 6.34. The summed E-state index contributed by atoms with van der Waals surface area (Å²) in [6.07, 6.45) is 0.432. The number of hydrogen-bond acceptors (Lipinski definition) is 5. The molecule has 37 heavy (non-hydrogen) atoms. The number of hydrazone groups is 1. The average molecular weight is 524 g/mol. The molecule has 3 aromatic rings. The third kappa shape index (κ3) is 5.98. The molecule has 0 aliphatic carbocycles. The molecule has 1 aliphatic rings. The normalized spacial score (nSPS) is 14.9. The van der Waals surface area contributed by atoms with Crippen LogP contribution in [0, 0.1) is 5.82 Å². The Morgan fingerprint density at radius 2 is 1.76 bits per heavy atom. The van der Waals surface area contributed by atoms with Crippen LogP contribution in [0.25, 0.3) is 0 Å². The lowest BCUT2D eigenvalue weighted by atomic mass is 9.98. The summed E-state index contributed by atoms with van der Waals surface area (Å²) in [6.45, 7) is -0.0104. The van der Waals surface area contributed by atoms with Gasteiger partial charge in [-0.3, -0.25) is 9.59 Å². The quantitative estimate of drug-likeness (QED) is 0.398. The Hall–Kier alpha value is -3.75. The highest BCUT2D eigenvalue weighted by Crippen LogP contribution is 2.35. The predicted octanol–water partition coefficient (Wildman–Crippen LogP) is 4.95. The van der Waals surface area contributed by atoms with Gasteiger partial charge in [-0.1, -0.05) is 54.1 Å². The second-order valence-corrected chi connectivity index (χ2v) is 8.86. The van der Waals surface area contributed by atoms with Crippen LogP contribution < -0.4 is 4.74 Å². The zero-order chi connectivity index (χ0) is 26.4. The fourth-order valence-electron chi connectivity index (χ4n) is 4.18. The van der Waals surface area contributed by atoms with E-state index in [0.717, 1.165) is 11.1 Å². The van der Waals surface area contributed by atoms with Crippen LogP contribution in [-0.4, -0.2) is 61.4 Å². The first-order chi connectivity index (χ1) is 17.9. The highest BCUT2D eigenvalue weighted by Gasteiger charge is 2.35. The molecular formula is C28H27ClFN3O4. The van der Waals surface area contributed by atoms with Crippen molar-refractivity contribution < 1.29 is 23.5 Å². The fraction of sp³-hybridized carbons (Fsp3) is 0.250. The SMILES string of the molecule is COCCN(CC(=O)N1N=C(c2ccccc2Cl)CC1c1ccc(OC)cc1)C(=O)c1ccccc1F. The minimum absolute atomic E-state index is 0.109. The molecule has 192 valence electrons. The Labute approximate surface area is 220 Å². The molecule has 1 unspecified atom stereocenters. The van der Waals surface area contributed by atoms with Gasteiger partial charge in [0, 0.05) is 30.7 Å². The average Bonchev–Trinajstić information content (AvgIpc) is 3.36. The lowest BCUT2D eigenvalue weighted by Gasteiger charge is -2.27. The molecule has 0 radical (unpaired) electrons. The number of carbonyl (C=O) groups excluding carboxylic acids is 2. The first-order valence-electron chi connectivity index (χ1n) is 11.7. The molecule has 2 amide bonds. The van der Waals surface area contributed by atoms with Crippen LogP contribution in [0.3, 0.4) is 0 Å². The van der Waals surface area contributed by atoms with Crippen LogP contribution >= 0.6 is 11.6 Å². The number of amides is 2. The van der Waals surface area contributed by atoms with Crippen molar-refractivity contribution >= 4 is 29.1 Å². The first kappa shape index (κ1) is 26.3. The Morgan fingerprint density at radius 1 is 1.05 bits per heavy atom. The second-order valence-electron chi connectivity index (χ2n) is 8.46. The molecule has 1 atom stereocenters. The third-order valence-electron chi connectivity index (χ3n) is 6.13. The number of rotatable bonds is 9. The summed E-state index contributed by atoms with van der Waals surface area (Å²) in [5.41, 5.74) is 2.13. The van der Waals surface area contributed by atoms with E-state index in [9.17, 15) is 14.0 Å². The van der Waals surface area contributed by atoms with Gasteiger partial charge < -0.3 is 14.4 Å². The molecule has 0 saturated carbocycles. The molecule has 0 N–H and O–H groups in total. The maximum atomic E-state index is 14.4. The molecule has 4 rings (SSSR count). The molecule has 0 aromatic heterocycles. The van der Waals surface area contributed by atoms with Crippen LogP contribution in [0.15, 0.2) is 77.9 Å². The van der Waals surface area contributed by atoms with Gasteiger partial charge in [0.05, 0.1) is 31.0 Å². The van der Waals surface area contributed by atoms with Crippen LogP contribution in [0.4, 0.5) is 4.39 Å². The van der Waals surface area contributed by atoms with E-state index in [4.69, 9.17) is 21.1 Å². The molecule has 0 bridgehead atoms. The summed E-state index contributed by atoms with van der Waals surface area (Å²) < 4.78 is 24.8. The number of halogens is 2. The fourth-order valence-corrected chi connectivity index (χ4v) is 4.42. The van der Waals surface area contributed by atoms with Gasteiger partial charge in [0.25, 0.3) is 11.8 Å². The predicted molar refractivity (Wildman–Crippen MR) is 139 cm³/mol. The topological polar surface area (TPSA) is 71.4 Å². The van der Waals surface area contributed by atoms with E-state index in [1.54, 1.807) is 19.2 Å². The standard InChI is InChI=1S/C28H27ClFN3O4/c1-36-16-15-32(28(35)22-8-4-6-10-24(22)30)18-27(34)33-26(19-11-13-20(37-2)14-12-19)17-25(31-33)21-7-3-5-9-23(21)29/h3-14,26H,15-18H2,1-2H3. The Kier molecular flexibility index (Phi) is 8.53. The van der Waals surface area contributed by atoms with Crippen molar-refractivity contribution in [2.24, 2.45) is 5.10 Å². The van der Waals surface area contributed by atoms with Crippen LogP contribution in [0.5, 0.6) is 5.75 Å². The van der Waals surface area contributed by atoms with E-state index in [0.29, 0.717) is 22.9 Å². The van der Waals surface area contributed by atoms with Crippen molar-refractivity contribution in [3.63, 3.8) is 0 Å². The van der Waals surface area contributed by atoms with Gasteiger partial charge in [-0.05, 0) is 35.9 Å². The van der Waals surface area contributed by atoms with Crippen LogP contribution in [-0.2, 0) is 9.53 Å². The second kappa shape index (κ2) is 12.0. The van der Waals surface area contributed by atoms with E-state index >= 15 is 0 Å². The first-order valence-corrected chi connectivity index (χ1v) is 12.1. The zero-order valence-electron chi connectivity index (χ0n) is 20.6. The van der Waals surface area contributed by atoms with E-state index in [-0.39, 0.29) is 25.3 Å². The van der Waals surface area contributed by atoms with Crippen molar-refractivity contribution in [3.8, 4) is 5.75 Å². The number of benzene rings is 3. The van der Waals surface area contributed by atoms with Crippen LogP contribution in [0.2, 0.25) is 5.02 Å². The summed E-state index contributed by atoms with van der Waals surface area (Å²) in [6, 6.07) is 20.0. The van der Waals surface area contributed by atoms with Gasteiger partial charge >= 0.3 is 0 Å². The smallest absolute Gasteiger partial charge is 0.262 e. The largest absolute Gasteiger partial charge is 0.497 e. The number of nitrogens with zero attached hydrogens (tertiary/aromatic N) is 3. The van der Waals surface area contributed by atoms with Crippen molar-refractivity contribution in [1.82, 2.24) is 9.91 Å². The van der Waals surface area contributed by atoms with Crippen molar-refractivity contribution in [2.45, 2.75) is 12.5 Å². The summed E-state index contributed by atoms with van der Waals surface area (Å²) >= 11 is 6.43. The zero-order valence-corrected chi connectivity index (χ0v) is 21.3. The van der Waals surface area contributed by atoms with Gasteiger partial charge in [-0.25, -0.2) is 9.40 Å². The summed E-state index contributed by atoms with van der Waals surface area (Å²) in [5.74, 6) is -0.977. The molecule has 3 aromatic carbocycles. The van der Waals surface area contributed by atoms with Gasteiger partial charge in [0.1, 0.15) is 18.1 Å². The molecular weight excluding hydrogens is 497 g/mol. The minimum Gasteiger partial charge on any atom is -0.497 e. The maximum Gasteiger partial charge on any atom is 0.262 e. The maximum absolute atomic E-state index is 14.4. The highest BCUT2D eigenvalue weighted by atomic mass is 35.5. The number of carbonyl (C=O) groups is 2. The molecule has 0 spiro atoms. The Balaban J connectivity index is 1.65. The molecule has 1 heterocycles. The molecule has 9 heteroatoms. The monoisotopic (exact) mass is 523 g/mol. The Morgan fingerprint density at radius 3 is 2.43 bits per heavy atom. The number of methoxy groups -OCH3 is 2. The molecule has 1 aliphatic heterocycles. The molecule has 7 nitrogen and oxygen atoms in total. The van der Waals surface area contributed by atoms with Gasteiger partial charge in [-0.2, -0.15) is 5.10 Å². The third-order valence-corrected chi connectivity index (χ3v) is 6.46. The molecule has 0 fully saturated rings. The van der Waals surface area contributed by atoms with Crippen LogP contribution in [0.1, 0.15) is 33.9 Å². The summed E-state index contributed by atoms with van der Waals surface area (Å²) in [4.78, 5) is 28.1. The van der Waals surface area contributed by atoms with Gasteiger partial charge in [0.15, 0.2) is 0 Å². The molecule has 0 saturated heterocycles. The van der Waals surface area contributed by atoms with E-state index in [1.165, 1.54) is 35.2 Å². The van der Waals surface area contributed by atoms with Gasteiger partial charge in [-0.15, -0.1) is 0 Å². The number of ether oxygens (including phenoxy) is 2. The lowest BCUT2D eigenvalue weighted by molar-refractivity contribution is -0.133. The van der Waals surface area contributed by atoms with E-state index in [2.05, 4.69) is 5.10 Å².